The Bertz CT molecular complexity index is 510. The number of esters is 2. The van der Waals surface area contributed by atoms with Gasteiger partial charge in [-0.1, -0.05) is 0 Å². The first-order chi connectivity index (χ1) is 10.1. The molecule has 1 aromatic rings. The van der Waals surface area contributed by atoms with Crippen LogP contribution in [0.4, 0.5) is 5.82 Å². The van der Waals surface area contributed by atoms with E-state index < -0.39 is 11.9 Å². The van der Waals surface area contributed by atoms with E-state index in [1.54, 1.807) is 13.8 Å². The van der Waals surface area contributed by atoms with Crippen LogP contribution in [0.15, 0.2) is 24.2 Å². The third kappa shape index (κ3) is 4.75. The lowest BCUT2D eigenvalue weighted by molar-refractivity contribution is -0.146. The molecule has 1 rings (SSSR count). The highest BCUT2D eigenvalue weighted by molar-refractivity contribution is 6.14. The fraction of sp³-hybridized carbons (Fsp3) is 0.385. The lowest BCUT2D eigenvalue weighted by Gasteiger charge is -2.08. The molecule has 8 heteroatoms. The summed E-state index contributed by atoms with van der Waals surface area (Å²) in [7, 11) is 1.43. The van der Waals surface area contributed by atoms with E-state index in [1.165, 1.54) is 19.5 Å². The van der Waals surface area contributed by atoms with Gasteiger partial charge in [0.2, 0.25) is 0 Å². The van der Waals surface area contributed by atoms with Crippen LogP contribution in [0.5, 0.6) is 5.88 Å². The molecule has 0 amide bonds. The van der Waals surface area contributed by atoms with E-state index in [9.17, 15) is 9.59 Å². The third-order valence-corrected chi connectivity index (χ3v) is 2.20. The predicted octanol–water partition coefficient (Wildman–Crippen LogP) is 0.907. The zero-order valence-electron chi connectivity index (χ0n) is 12.1. The second-order valence-corrected chi connectivity index (χ2v) is 3.56. The number of methoxy groups -OCH3 is 1. The number of hydrogen-bond donors (Lipinski definition) is 1. The fourth-order valence-corrected chi connectivity index (χ4v) is 1.33. The van der Waals surface area contributed by atoms with Gasteiger partial charge in [0.05, 0.1) is 20.3 Å². The maximum atomic E-state index is 11.7. The summed E-state index contributed by atoms with van der Waals surface area (Å²) in [6, 6.07) is 0. The summed E-state index contributed by atoms with van der Waals surface area (Å²) in [5.74, 6) is -1.09. The van der Waals surface area contributed by atoms with Gasteiger partial charge in [-0.25, -0.2) is 19.6 Å². The first-order valence-electron chi connectivity index (χ1n) is 6.29. The van der Waals surface area contributed by atoms with Gasteiger partial charge in [-0.15, -0.1) is 0 Å². The summed E-state index contributed by atoms with van der Waals surface area (Å²) in [4.78, 5) is 31.4. The molecule has 0 bridgehead atoms. The molecule has 0 fully saturated rings. The first kappa shape index (κ1) is 16.4. The van der Waals surface area contributed by atoms with Gasteiger partial charge in [0, 0.05) is 18.6 Å². The van der Waals surface area contributed by atoms with Crippen molar-refractivity contribution in [3.05, 3.63) is 24.2 Å². The first-order valence-corrected chi connectivity index (χ1v) is 6.29. The number of carbonyl (C=O) groups is 2. The molecule has 114 valence electrons. The van der Waals surface area contributed by atoms with Crippen molar-refractivity contribution in [3.8, 4) is 5.88 Å². The van der Waals surface area contributed by atoms with Crippen LogP contribution in [0.2, 0.25) is 0 Å². The number of anilines is 1. The van der Waals surface area contributed by atoms with E-state index in [-0.39, 0.29) is 30.5 Å². The molecule has 0 aromatic carbocycles. The molecule has 8 nitrogen and oxygen atoms in total. The second kappa shape index (κ2) is 8.51. The van der Waals surface area contributed by atoms with Crippen LogP contribution < -0.4 is 10.1 Å². The number of ether oxygens (including phenoxy) is 3. The summed E-state index contributed by atoms with van der Waals surface area (Å²) in [5, 5.41) is 2.68. The number of hydrogen-bond acceptors (Lipinski definition) is 8. The maximum absolute atomic E-state index is 11.7. The Labute approximate surface area is 122 Å². The van der Waals surface area contributed by atoms with Crippen LogP contribution in [0.3, 0.4) is 0 Å². The number of carbonyl (C=O) groups excluding carboxylic acids is 2. The summed E-state index contributed by atoms with van der Waals surface area (Å²) in [5.41, 5.74) is -0.272. The largest absolute Gasteiger partial charge is 0.478 e. The van der Waals surface area contributed by atoms with Crippen molar-refractivity contribution in [3.63, 3.8) is 0 Å². The molecule has 0 atom stereocenters. The Kier molecular flexibility index (Phi) is 6.66. The van der Waals surface area contributed by atoms with Crippen molar-refractivity contribution in [1.82, 2.24) is 9.97 Å². The van der Waals surface area contributed by atoms with Gasteiger partial charge in [-0.05, 0) is 13.8 Å². The highest BCUT2D eigenvalue weighted by atomic mass is 16.6. The normalized spacial score (nSPS) is 9.48. The molecule has 0 saturated carbocycles. The minimum atomic E-state index is -0.786. The van der Waals surface area contributed by atoms with E-state index in [4.69, 9.17) is 14.2 Å². The van der Waals surface area contributed by atoms with Crippen LogP contribution in [0, 0.1) is 0 Å². The Hall–Kier alpha value is -2.64. The van der Waals surface area contributed by atoms with Crippen LogP contribution in [-0.2, 0) is 19.1 Å². The van der Waals surface area contributed by atoms with Gasteiger partial charge < -0.3 is 19.5 Å². The molecule has 1 aromatic heterocycles. The van der Waals surface area contributed by atoms with Gasteiger partial charge in [-0.3, -0.25) is 0 Å². The monoisotopic (exact) mass is 295 g/mol. The third-order valence-electron chi connectivity index (χ3n) is 2.20. The van der Waals surface area contributed by atoms with E-state index in [0.717, 1.165) is 6.20 Å². The molecule has 0 aliphatic heterocycles. The van der Waals surface area contributed by atoms with Crippen LogP contribution in [0.1, 0.15) is 13.8 Å². The van der Waals surface area contributed by atoms with E-state index in [0.29, 0.717) is 0 Å². The molecular formula is C13H17N3O5. The SMILES string of the molecule is CCOC(=O)C(=CNc1nccnc1OC)C(=O)OCC. The van der Waals surface area contributed by atoms with Crippen LogP contribution in [0.25, 0.3) is 0 Å². The number of aromatic nitrogens is 2. The average molecular weight is 295 g/mol. The van der Waals surface area contributed by atoms with Crippen molar-refractivity contribution >= 4 is 17.8 Å². The van der Waals surface area contributed by atoms with Crippen molar-refractivity contribution in [2.75, 3.05) is 25.6 Å². The van der Waals surface area contributed by atoms with Gasteiger partial charge in [0.15, 0.2) is 11.4 Å². The van der Waals surface area contributed by atoms with Gasteiger partial charge in [0.25, 0.3) is 5.88 Å². The van der Waals surface area contributed by atoms with Crippen molar-refractivity contribution in [2.45, 2.75) is 13.8 Å². The number of nitrogens with zero attached hydrogens (tertiary/aromatic N) is 2. The fourth-order valence-electron chi connectivity index (χ4n) is 1.33. The smallest absolute Gasteiger partial charge is 0.347 e. The zero-order chi connectivity index (χ0) is 15.7. The highest BCUT2D eigenvalue weighted by Crippen LogP contribution is 2.17. The Morgan fingerprint density at radius 1 is 1.14 bits per heavy atom. The van der Waals surface area contributed by atoms with Crippen LogP contribution in [-0.4, -0.2) is 42.2 Å². The van der Waals surface area contributed by atoms with Gasteiger partial charge in [-0.2, -0.15) is 0 Å². The summed E-state index contributed by atoms with van der Waals surface area (Å²) in [6.07, 6.45) is 4.04. The lowest BCUT2D eigenvalue weighted by Crippen LogP contribution is -2.19. The maximum Gasteiger partial charge on any atom is 0.347 e. The molecular weight excluding hydrogens is 278 g/mol. The predicted molar refractivity (Wildman–Crippen MR) is 73.6 cm³/mol. The quantitative estimate of drug-likeness (QED) is 0.343. The van der Waals surface area contributed by atoms with E-state index >= 15 is 0 Å². The van der Waals surface area contributed by atoms with Crippen molar-refractivity contribution in [1.29, 1.82) is 0 Å². The molecule has 1 heterocycles. The Morgan fingerprint density at radius 3 is 2.24 bits per heavy atom. The standard InChI is InChI=1S/C13H17N3O5/c1-4-20-12(17)9(13(18)21-5-2)8-16-10-11(19-3)15-7-6-14-10/h6-8H,4-5H2,1-3H3,(H,14,16). The van der Waals surface area contributed by atoms with Crippen molar-refractivity contribution < 1.29 is 23.8 Å². The van der Waals surface area contributed by atoms with Crippen LogP contribution >= 0.6 is 0 Å². The van der Waals surface area contributed by atoms with Gasteiger partial charge >= 0.3 is 11.9 Å². The molecule has 0 radical (unpaired) electrons. The molecule has 0 aliphatic carbocycles. The lowest BCUT2D eigenvalue weighted by atomic mass is 10.3. The van der Waals surface area contributed by atoms with Crippen molar-refractivity contribution in [2.24, 2.45) is 0 Å². The molecule has 21 heavy (non-hydrogen) atoms. The zero-order valence-corrected chi connectivity index (χ0v) is 12.1. The number of rotatable bonds is 7. The van der Waals surface area contributed by atoms with Gasteiger partial charge in [0.1, 0.15) is 0 Å². The molecule has 0 spiro atoms. The molecule has 0 aliphatic rings. The Morgan fingerprint density at radius 2 is 1.71 bits per heavy atom. The second-order valence-electron chi connectivity index (χ2n) is 3.56. The van der Waals surface area contributed by atoms with E-state index in [1.807, 2.05) is 0 Å². The summed E-state index contributed by atoms with van der Waals surface area (Å²) in [6.45, 7) is 3.56. The van der Waals surface area contributed by atoms with E-state index in [2.05, 4.69) is 15.3 Å². The molecule has 0 unspecified atom stereocenters. The summed E-state index contributed by atoms with van der Waals surface area (Å²) < 4.78 is 14.6. The molecule has 0 saturated heterocycles. The summed E-state index contributed by atoms with van der Waals surface area (Å²) >= 11 is 0. The Balaban J connectivity index is 2.97. The molecule has 1 N–H and O–H groups in total. The highest BCUT2D eigenvalue weighted by Gasteiger charge is 2.21. The topological polar surface area (TPSA) is 99.6 Å². The minimum Gasteiger partial charge on any atom is -0.478 e. The number of nitrogens with one attached hydrogen (secondary N) is 1. The average Bonchev–Trinajstić information content (AvgIpc) is 2.48. The minimum absolute atomic E-state index is 0.143.